The lowest BCUT2D eigenvalue weighted by molar-refractivity contribution is 0.0931. The van der Waals surface area contributed by atoms with E-state index in [0.29, 0.717) is 22.8 Å². The van der Waals surface area contributed by atoms with Gasteiger partial charge in [0, 0.05) is 17.8 Å². The van der Waals surface area contributed by atoms with Crippen LogP contribution in [-0.2, 0) is 0 Å². The highest BCUT2D eigenvalue weighted by molar-refractivity contribution is 6.44. The Hall–Kier alpha value is -2.57. The van der Waals surface area contributed by atoms with E-state index in [0.717, 1.165) is 11.0 Å². The van der Waals surface area contributed by atoms with Crippen molar-refractivity contribution >= 4 is 52.0 Å². The van der Waals surface area contributed by atoms with Crippen LogP contribution in [0, 0.1) is 0 Å². The molecule has 2 heterocycles. The number of aromatic amines is 1. The molecule has 6 nitrogen and oxygen atoms in total. The summed E-state index contributed by atoms with van der Waals surface area (Å²) in [7, 11) is 0. The van der Waals surface area contributed by atoms with Gasteiger partial charge in [-0.2, -0.15) is 0 Å². The average molecular weight is 390 g/mol. The number of para-hydroxylation sites is 2. The van der Waals surface area contributed by atoms with Gasteiger partial charge in [0.25, 0.3) is 5.91 Å². The molecule has 1 amide bonds. The van der Waals surface area contributed by atoms with E-state index >= 15 is 0 Å². The lowest BCUT2D eigenvalue weighted by Crippen LogP contribution is -2.32. The maximum absolute atomic E-state index is 12.3. The summed E-state index contributed by atoms with van der Waals surface area (Å²) in [5.41, 5.74) is 7.85. The van der Waals surface area contributed by atoms with Crippen molar-refractivity contribution in [3.05, 3.63) is 58.0 Å². The van der Waals surface area contributed by atoms with Gasteiger partial charge in [0.05, 0.1) is 16.1 Å². The number of anilines is 1. The number of carbonyl (C=O) groups excluding carboxylic acids is 1. The third-order valence-corrected chi connectivity index (χ3v) is 4.67. The summed E-state index contributed by atoms with van der Waals surface area (Å²) < 4.78 is 0. The van der Waals surface area contributed by atoms with E-state index in [1.165, 1.54) is 0 Å². The molecular formula is C18H17Cl2N5O. The van der Waals surface area contributed by atoms with Crippen molar-refractivity contribution in [2.24, 2.45) is 0 Å². The van der Waals surface area contributed by atoms with Gasteiger partial charge in [0.2, 0.25) is 0 Å². The molecule has 3 aromatic rings. The first kappa shape index (κ1) is 18.2. The third-order valence-electron chi connectivity index (χ3n) is 3.78. The molecule has 2 aromatic heterocycles. The monoisotopic (exact) mass is 389 g/mol. The second-order valence-electron chi connectivity index (χ2n) is 5.84. The zero-order valence-corrected chi connectivity index (χ0v) is 15.5. The SMILES string of the molecule is C[C@@H](C/C=C/c1cnc(N)c(Cl)c1Cl)NC(=O)c1nc2ccccc2[nH]1. The maximum atomic E-state index is 12.3. The Kier molecular flexibility index (Phi) is 5.44. The highest BCUT2D eigenvalue weighted by atomic mass is 35.5. The molecule has 4 N–H and O–H groups in total. The van der Waals surface area contributed by atoms with Gasteiger partial charge in [-0.1, -0.05) is 47.5 Å². The number of imidazole rings is 1. The van der Waals surface area contributed by atoms with Crippen LogP contribution in [0.25, 0.3) is 17.1 Å². The van der Waals surface area contributed by atoms with Crippen LogP contribution in [0.4, 0.5) is 5.82 Å². The van der Waals surface area contributed by atoms with Crippen molar-refractivity contribution in [3.8, 4) is 0 Å². The molecule has 0 bridgehead atoms. The number of fused-ring (bicyclic) bond motifs is 1. The quantitative estimate of drug-likeness (QED) is 0.612. The van der Waals surface area contributed by atoms with Crippen molar-refractivity contribution in [1.82, 2.24) is 20.3 Å². The van der Waals surface area contributed by atoms with Gasteiger partial charge in [-0.25, -0.2) is 9.97 Å². The molecule has 26 heavy (non-hydrogen) atoms. The Labute approximate surface area is 160 Å². The van der Waals surface area contributed by atoms with Crippen LogP contribution in [0.1, 0.15) is 29.5 Å². The molecule has 0 fully saturated rings. The molecule has 0 spiro atoms. The number of H-pyrrole nitrogens is 1. The molecule has 134 valence electrons. The molecule has 1 atom stereocenters. The second-order valence-corrected chi connectivity index (χ2v) is 6.60. The third kappa shape index (κ3) is 3.98. The van der Waals surface area contributed by atoms with Crippen LogP contribution < -0.4 is 11.1 Å². The number of nitrogens with two attached hydrogens (primary N) is 1. The summed E-state index contributed by atoms with van der Waals surface area (Å²) in [6.45, 7) is 1.90. The van der Waals surface area contributed by atoms with Gasteiger partial charge in [0.1, 0.15) is 10.8 Å². The Morgan fingerprint density at radius 2 is 2.12 bits per heavy atom. The second kappa shape index (κ2) is 7.76. The summed E-state index contributed by atoms with van der Waals surface area (Å²) >= 11 is 12.1. The minimum absolute atomic E-state index is 0.0945. The fourth-order valence-electron chi connectivity index (χ4n) is 2.42. The Balaban J connectivity index is 1.61. The Bertz CT molecular complexity index is 950. The summed E-state index contributed by atoms with van der Waals surface area (Å²) in [5, 5.41) is 3.49. The van der Waals surface area contributed by atoms with Crippen LogP contribution in [0.15, 0.2) is 36.5 Å². The number of halogens is 2. The topological polar surface area (TPSA) is 96.7 Å². The minimum Gasteiger partial charge on any atom is -0.382 e. The zero-order chi connectivity index (χ0) is 18.7. The number of hydrogen-bond donors (Lipinski definition) is 3. The molecule has 8 heteroatoms. The predicted molar refractivity (Wildman–Crippen MR) is 105 cm³/mol. The van der Waals surface area contributed by atoms with Crippen molar-refractivity contribution < 1.29 is 4.79 Å². The molecule has 0 radical (unpaired) electrons. The zero-order valence-electron chi connectivity index (χ0n) is 14.0. The van der Waals surface area contributed by atoms with Crippen LogP contribution in [-0.4, -0.2) is 26.9 Å². The number of nitrogen functional groups attached to an aromatic ring is 1. The van der Waals surface area contributed by atoms with Gasteiger partial charge >= 0.3 is 0 Å². The van der Waals surface area contributed by atoms with E-state index in [1.54, 1.807) is 12.3 Å². The summed E-state index contributed by atoms with van der Waals surface area (Å²) in [6.07, 6.45) is 5.84. The maximum Gasteiger partial charge on any atom is 0.287 e. The molecule has 0 saturated heterocycles. The molecule has 0 aliphatic heterocycles. The average Bonchev–Trinajstić information content (AvgIpc) is 3.06. The van der Waals surface area contributed by atoms with Crippen LogP contribution in [0.3, 0.4) is 0 Å². The number of aromatic nitrogens is 3. The fourth-order valence-corrected chi connectivity index (χ4v) is 2.78. The number of amides is 1. The van der Waals surface area contributed by atoms with E-state index in [1.807, 2.05) is 37.3 Å². The highest BCUT2D eigenvalue weighted by Gasteiger charge is 2.13. The van der Waals surface area contributed by atoms with Crippen LogP contribution in [0.2, 0.25) is 10.0 Å². The standard InChI is InChI=1S/C18H17Cl2N5O/c1-10(5-4-6-11-9-22-16(21)15(20)14(11)19)23-18(26)17-24-12-7-2-3-8-13(12)25-17/h2-4,6-10H,5H2,1H3,(H2,21,22)(H,23,26)(H,24,25)/b6-4+/t10-/m0/s1. The number of nitrogens with one attached hydrogen (secondary N) is 2. The number of pyridine rings is 1. The number of hydrogen-bond acceptors (Lipinski definition) is 4. The molecule has 0 saturated carbocycles. The molecule has 0 aliphatic rings. The summed E-state index contributed by atoms with van der Waals surface area (Å²) in [4.78, 5) is 23.6. The van der Waals surface area contributed by atoms with Crippen LogP contribution in [0.5, 0.6) is 0 Å². The van der Waals surface area contributed by atoms with Crippen molar-refractivity contribution in [2.45, 2.75) is 19.4 Å². The molecule has 0 unspecified atom stereocenters. The van der Waals surface area contributed by atoms with Gasteiger partial charge in [-0.15, -0.1) is 0 Å². The molecule has 1 aromatic carbocycles. The first-order chi connectivity index (χ1) is 12.5. The first-order valence-electron chi connectivity index (χ1n) is 7.97. The van der Waals surface area contributed by atoms with Crippen molar-refractivity contribution in [1.29, 1.82) is 0 Å². The van der Waals surface area contributed by atoms with Crippen LogP contribution >= 0.6 is 23.2 Å². The molecule has 0 aliphatic carbocycles. The summed E-state index contributed by atoms with van der Waals surface area (Å²) in [6, 6.07) is 7.40. The van der Waals surface area contributed by atoms with Crippen molar-refractivity contribution in [2.75, 3.05) is 5.73 Å². The van der Waals surface area contributed by atoms with E-state index in [2.05, 4.69) is 20.3 Å². The largest absolute Gasteiger partial charge is 0.382 e. The number of nitrogens with zero attached hydrogens (tertiary/aromatic N) is 2. The van der Waals surface area contributed by atoms with Gasteiger partial charge in [0.15, 0.2) is 5.82 Å². The van der Waals surface area contributed by atoms with Gasteiger partial charge < -0.3 is 16.0 Å². The smallest absolute Gasteiger partial charge is 0.287 e. The molecular weight excluding hydrogens is 373 g/mol. The minimum atomic E-state index is -0.252. The number of rotatable bonds is 5. The van der Waals surface area contributed by atoms with Crippen molar-refractivity contribution in [3.63, 3.8) is 0 Å². The Morgan fingerprint density at radius 1 is 1.35 bits per heavy atom. The Morgan fingerprint density at radius 3 is 2.88 bits per heavy atom. The van der Waals surface area contributed by atoms with E-state index in [-0.39, 0.29) is 22.8 Å². The number of benzene rings is 1. The van der Waals surface area contributed by atoms with E-state index in [4.69, 9.17) is 28.9 Å². The fraction of sp³-hybridized carbons (Fsp3) is 0.167. The highest BCUT2D eigenvalue weighted by Crippen LogP contribution is 2.30. The van der Waals surface area contributed by atoms with E-state index < -0.39 is 0 Å². The number of carbonyl (C=O) groups is 1. The van der Waals surface area contributed by atoms with E-state index in [9.17, 15) is 4.79 Å². The predicted octanol–water partition coefficient (Wildman–Crippen LogP) is 4.07. The molecule has 3 rings (SSSR count). The first-order valence-corrected chi connectivity index (χ1v) is 8.73. The lowest BCUT2D eigenvalue weighted by atomic mass is 10.2. The summed E-state index contributed by atoms with van der Waals surface area (Å²) in [5.74, 6) is 0.234. The van der Waals surface area contributed by atoms with Gasteiger partial charge in [-0.05, 0) is 25.5 Å². The van der Waals surface area contributed by atoms with Gasteiger partial charge in [-0.3, -0.25) is 4.79 Å². The lowest BCUT2D eigenvalue weighted by Gasteiger charge is -2.10. The normalized spacial score (nSPS) is 12.6.